The number of aromatic nitrogens is 1. The molecule has 0 aromatic carbocycles. The molecular weight excluding hydrogens is 284 g/mol. The topological polar surface area (TPSA) is 79.7 Å². The van der Waals surface area contributed by atoms with E-state index < -0.39 is 5.97 Å². The zero-order valence-electron chi connectivity index (χ0n) is 13.2. The maximum Gasteiger partial charge on any atom is 0.337 e. The van der Waals surface area contributed by atoms with Gasteiger partial charge in [0.2, 0.25) is 0 Å². The fraction of sp³-hybridized carbons (Fsp3) is 0.562. The highest BCUT2D eigenvalue weighted by Gasteiger charge is 2.29. The molecule has 1 unspecified atom stereocenters. The van der Waals surface area contributed by atoms with E-state index in [1.165, 1.54) is 12.1 Å². The Morgan fingerprint density at radius 1 is 1.45 bits per heavy atom. The standard InChI is InChI=1S/C16H22N2O4/c1-10(2)8-12-9-22-7-6-18(12)15(19)14-5-4-13(16(20)21)11(3)17-14/h4-5,10,12H,6-9H2,1-3H3,(H,20,21). The highest BCUT2D eigenvalue weighted by atomic mass is 16.5. The van der Waals surface area contributed by atoms with Crippen molar-refractivity contribution in [2.45, 2.75) is 33.2 Å². The largest absolute Gasteiger partial charge is 0.478 e. The Morgan fingerprint density at radius 2 is 2.18 bits per heavy atom. The van der Waals surface area contributed by atoms with Crippen molar-refractivity contribution in [3.63, 3.8) is 0 Å². The zero-order valence-corrected chi connectivity index (χ0v) is 13.2. The summed E-state index contributed by atoms with van der Waals surface area (Å²) < 4.78 is 5.48. The van der Waals surface area contributed by atoms with E-state index in [1.54, 1.807) is 11.8 Å². The number of rotatable bonds is 4. The van der Waals surface area contributed by atoms with Gasteiger partial charge in [0.15, 0.2) is 0 Å². The van der Waals surface area contributed by atoms with E-state index in [1.807, 2.05) is 0 Å². The van der Waals surface area contributed by atoms with E-state index in [0.29, 0.717) is 31.4 Å². The monoisotopic (exact) mass is 306 g/mol. The number of aryl methyl sites for hydroxylation is 1. The van der Waals surface area contributed by atoms with E-state index in [4.69, 9.17) is 9.84 Å². The molecule has 1 saturated heterocycles. The minimum absolute atomic E-state index is 0.0440. The van der Waals surface area contributed by atoms with Gasteiger partial charge in [0, 0.05) is 6.54 Å². The molecule has 0 bridgehead atoms. The smallest absolute Gasteiger partial charge is 0.337 e. The van der Waals surface area contributed by atoms with Crippen LogP contribution in [0.15, 0.2) is 12.1 Å². The van der Waals surface area contributed by atoms with Crippen LogP contribution in [0.4, 0.5) is 0 Å². The van der Waals surface area contributed by atoms with Gasteiger partial charge in [0.1, 0.15) is 5.69 Å². The summed E-state index contributed by atoms with van der Waals surface area (Å²) in [5.41, 5.74) is 0.766. The van der Waals surface area contributed by atoms with E-state index in [9.17, 15) is 9.59 Å². The van der Waals surface area contributed by atoms with E-state index in [0.717, 1.165) is 6.42 Å². The van der Waals surface area contributed by atoms with Gasteiger partial charge in [0.25, 0.3) is 5.91 Å². The van der Waals surface area contributed by atoms with Gasteiger partial charge in [0.05, 0.1) is 30.5 Å². The molecule has 1 aromatic heterocycles. The molecule has 1 N–H and O–H groups in total. The quantitative estimate of drug-likeness (QED) is 0.920. The fourth-order valence-electron chi connectivity index (χ4n) is 2.71. The number of carboxylic acids is 1. The summed E-state index contributed by atoms with van der Waals surface area (Å²) in [4.78, 5) is 29.7. The lowest BCUT2D eigenvalue weighted by atomic mass is 10.0. The lowest BCUT2D eigenvalue weighted by molar-refractivity contribution is -0.00777. The summed E-state index contributed by atoms with van der Waals surface area (Å²) in [5, 5.41) is 9.03. The number of amides is 1. The second-order valence-electron chi connectivity index (χ2n) is 5.99. The summed E-state index contributed by atoms with van der Waals surface area (Å²) in [6.07, 6.45) is 0.873. The van der Waals surface area contributed by atoms with Gasteiger partial charge < -0.3 is 14.7 Å². The third kappa shape index (κ3) is 3.62. The van der Waals surface area contributed by atoms with Crippen LogP contribution in [0.2, 0.25) is 0 Å². The summed E-state index contributed by atoms with van der Waals surface area (Å²) in [7, 11) is 0. The highest BCUT2D eigenvalue weighted by Crippen LogP contribution is 2.18. The van der Waals surface area contributed by atoms with Crippen molar-refractivity contribution in [2.75, 3.05) is 19.8 Å². The molecule has 120 valence electrons. The summed E-state index contributed by atoms with van der Waals surface area (Å²) in [5.74, 6) is -0.729. The number of nitrogens with zero attached hydrogens (tertiary/aromatic N) is 2. The van der Waals surface area contributed by atoms with Gasteiger partial charge in [-0.1, -0.05) is 13.8 Å². The molecule has 1 atom stereocenters. The van der Waals surface area contributed by atoms with Crippen LogP contribution in [-0.4, -0.2) is 52.7 Å². The van der Waals surface area contributed by atoms with Crippen molar-refractivity contribution >= 4 is 11.9 Å². The average Bonchev–Trinajstić information content (AvgIpc) is 2.46. The van der Waals surface area contributed by atoms with Crippen molar-refractivity contribution in [1.82, 2.24) is 9.88 Å². The van der Waals surface area contributed by atoms with Crippen LogP contribution in [0.25, 0.3) is 0 Å². The maximum absolute atomic E-state index is 12.7. The number of ether oxygens (including phenoxy) is 1. The molecule has 0 saturated carbocycles. The molecule has 1 aromatic rings. The first kappa shape index (κ1) is 16.4. The van der Waals surface area contributed by atoms with Crippen LogP contribution in [-0.2, 0) is 4.74 Å². The Morgan fingerprint density at radius 3 is 2.77 bits per heavy atom. The molecular formula is C16H22N2O4. The molecule has 2 heterocycles. The van der Waals surface area contributed by atoms with Crippen LogP contribution >= 0.6 is 0 Å². The van der Waals surface area contributed by atoms with Crippen molar-refractivity contribution in [3.8, 4) is 0 Å². The van der Waals surface area contributed by atoms with Crippen molar-refractivity contribution in [1.29, 1.82) is 0 Å². The highest BCUT2D eigenvalue weighted by molar-refractivity contribution is 5.94. The Bertz CT molecular complexity index is 571. The number of carbonyl (C=O) groups excluding carboxylic acids is 1. The Kier molecular flexibility index (Phi) is 5.13. The third-order valence-corrected chi connectivity index (χ3v) is 3.77. The SMILES string of the molecule is Cc1nc(C(=O)N2CCOCC2CC(C)C)ccc1C(=O)O. The number of carboxylic acid groups (broad SMARTS) is 1. The third-order valence-electron chi connectivity index (χ3n) is 3.77. The Hall–Kier alpha value is -1.95. The maximum atomic E-state index is 12.7. The predicted molar refractivity (Wildman–Crippen MR) is 81.0 cm³/mol. The molecule has 0 aliphatic carbocycles. The minimum atomic E-state index is -1.03. The lowest BCUT2D eigenvalue weighted by Crippen LogP contribution is -2.49. The second-order valence-corrected chi connectivity index (χ2v) is 5.99. The first-order valence-electron chi connectivity index (χ1n) is 7.49. The normalized spacial score (nSPS) is 18.5. The number of hydrogen-bond acceptors (Lipinski definition) is 4. The van der Waals surface area contributed by atoms with Gasteiger partial charge in [-0.05, 0) is 31.4 Å². The number of aromatic carboxylic acids is 1. The van der Waals surface area contributed by atoms with Gasteiger partial charge in [-0.3, -0.25) is 4.79 Å². The van der Waals surface area contributed by atoms with Gasteiger partial charge in [-0.2, -0.15) is 0 Å². The fourth-order valence-corrected chi connectivity index (χ4v) is 2.71. The molecule has 22 heavy (non-hydrogen) atoms. The Labute approximate surface area is 130 Å². The van der Waals surface area contributed by atoms with Gasteiger partial charge >= 0.3 is 5.97 Å². The molecule has 6 heteroatoms. The Balaban J connectivity index is 2.21. The summed E-state index contributed by atoms with van der Waals surface area (Å²) in [6.45, 7) is 7.42. The lowest BCUT2D eigenvalue weighted by Gasteiger charge is -2.36. The molecule has 1 amide bonds. The van der Waals surface area contributed by atoms with E-state index >= 15 is 0 Å². The number of carbonyl (C=O) groups is 2. The van der Waals surface area contributed by atoms with Crippen LogP contribution in [0.3, 0.4) is 0 Å². The molecule has 6 nitrogen and oxygen atoms in total. The first-order valence-corrected chi connectivity index (χ1v) is 7.49. The van der Waals surface area contributed by atoms with Crippen molar-refractivity contribution in [3.05, 3.63) is 29.1 Å². The minimum Gasteiger partial charge on any atom is -0.478 e. The molecule has 0 radical (unpaired) electrons. The first-order chi connectivity index (χ1) is 10.4. The van der Waals surface area contributed by atoms with Gasteiger partial charge in [-0.25, -0.2) is 9.78 Å². The van der Waals surface area contributed by atoms with Crippen LogP contribution in [0.1, 0.15) is 46.8 Å². The van der Waals surface area contributed by atoms with E-state index in [-0.39, 0.29) is 23.2 Å². The molecule has 2 rings (SSSR count). The van der Waals surface area contributed by atoms with Crippen molar-refractivity contribution in [2.24, 2.45) is 5.92 Å². The van der Waals surface area contributed by atoms with E-state index in [2.05, 4.69) is 18.8 Å². The molecule has 1 aliphatic rings. The van der Waals surface area contributed by atoms with Crippen LogP contribution < -0.4 is 0 Å². The summed E-state index contributed by atoms with van der Waals surface area (Å²) >= 11 is 0. The number of pyridine rings is 1. The number of hydrogen-bond donors (Lipinski definition) is 1. The van der Waals surface area contributed by atoms with Gasteiger partial charge in [-0.15, -0.1) is 0 Å². The van der Waals surface area contributed by atoms with Crippen LogP contribution in [0, 0.1) is 12.8 Å². The predicted octanol–water partition coefficient (Wildman–Crippen LogP) is 1.98. The van der Waals surface area contributed by atoms with Crippen molar-refractivity contribution < 1.29 is 19.4 Å². The average molecular weight is 306 g/mol. The molecule has 1 fully saturated rings. The number of morpholine rings is 1. The molecule has 0 spiro atoms. The second kappa shape index (κ2) is 6.87. The van der Waals surface area contributed by atoms with Crippen LogP contribution in [0.5, 0.6) is 0 Å². The zero-order chi connectivity index (χ0) is 16.3. The summed E-state index contributed by atoms with van der Waals surface area (Å²) in [6, 6.07) is 2.97. The molecule has 1 aliphatic heterocycles.